The molecule has 4 nitrogen and oxygen atoms in total. The summed E-state index contributed by atoms with van der Waals surface area (Å²) in [7, 11) is 0. The van der Waals surface area contributed by atoms with Crippen molar-refractivity contribution in [2.45, 2.75) is 19.4 Å². The van der Waals surface area contributed by atoms with Crippen molar-refractivity contribution >= 4 is 12.0 Å². The third kappa shape index (κ3) is 3.11. The molecule has 23 heavy (non-hydrogen) atoms. The van der Waals surface area contributed by atoms with Gasteiger partial charge in [-0.3, -0.25) is 9.79 Å². The van der Waals surface area contributed by atoms with Gasteiger partial charge in [0.15, 0.2) is 0 Å². The van der Waals surface area contributed by atoms with Crippen LogP contribution in [0.4, 0.5) is 4.39 Å². The van der Waals surface area contributed by atoms with Crippen LogP contribution in [0.15, 0.2) is 41.4 Å². The van der Waals surface area contributed by atoms with E-state index in [-0.39, 0.29) is 17.4 Å². The summed E-state index contributed by atoms with van der Waals surface area (Å²) in [6.45, 7) is 1.54. The first-order valence-corrected chi connectivity index (χ1v) is 7.11. The molecule has 0 bridgehead atoms. The average molecular weight is 308 g/mol. The second kappa shape index (κ2) is 6.01. The van der Waals surface area contributed by atoms with E-state index >= 15 is 0 Å². The molecule has 3 rings (SSSR count). The zero-order valence-electron chi connectivity index (χ0n) is 12.4. The van der Waals surface area contributed by atoms with Crippen LogP contribution in [0.3, 0.4) is 0 Å². The van der Waals surface area contributed by atoms with Gasteiger partial charge in [0.2, 0.25) is 0 Å². The van der Waals surface area contributed by atoms with Gasteiger partial charge in [0, 0.05) is 18.2 Å². The van der Waals surface area contributed by atoms with E-state index in [0.717, 1.165) is 17.2 Å². The fraction of sp³-hybridized carbons (Fsp3) is 0.167. The number of carbonyl (C=O) groups excluding carboxylic acids is 1. The number of nitriles is 1. The maximum atomic E-state index is 13.1. The van der Waals surface area contributed by atoms with Gasteiger partial charge in [-0.2, -0.15) is 5.26 Å². The maximum absolute atomic E-state index is 13.1. The zero-order chi connectivity index (χ0) is 16.4. The normalized spacial score (nSPS) is 15.1. The van der Waals surface area contributed by atoms with Crippen molar-refractivity contribution in [3.63, 3.8) is 0 Å². The number of rotatable bonds is 4. The highest BCUT2D eigenvalue weighted by atomic mass is 19.1. The molecule has 0 N–H and O–H groups in total. The Balaban J connectivity index is 1.86. The molecule has 1 aliphatic heterocycles. The fourth-order valence-electron chi connectivity index (χ4n) is 2.52. The first kappa shape index (κ1) is 14.9. The van der Waals surface area contributed by atoms with Crippen LogP contribution in [0.2, 0.25) is 0 Å². The summed E-state index contributed by atoms with van der Waals surface area (Å²) in [5.74, 6) is 0.429. The van der Waals surface area contributed by atoms with Crippen LogP contribution in [0.25, 0.3) is 0 Å². The van der Waals surface area contributed by atoms with Crippen molar-refractivity contribution < 1.29 is 13.9 Å². The Bertz CT molecular complexity index is 853. The Morgan fingerprint density at radius 1 is 1.35 bits per heavy atom. The molecule has 0 fully saturated rings. The first-order chi connectivity index (χ1) is 11.1. The van der Waals surface area contributed by atoms with Gasteiger partial charge >= 0.3 is 0 Å². The van der Waals surface area contributed by atoms with E-state index in [0.29, 0.717) is 17.9 Å². The van der Waals surface area contributed by atoms with Crippen LogP contribution in [0, 0.1) is 17.1 Å². The summed E-state index contributed by atoms with van der Waals surface area (Å²) in [6, 6.07) is 11.0. The highest BCUT2D eigenvalue weighted by Crippen LogP contribution is 2.33. The molecule has 0 spiro atoms. The number of hydrogen-bond donors (Lipinski definition) is 0. The molecule has 0 saturated heterocycles. The monoisotopic (exact) mass is 308 g/mol. The van der Waals surface area contributed by atoms with Crippen molar-refractivity contribution in [1.29, 1.82) is 5.26 Å². The second-order valence-corrected chi connectivity index (χ2v) is 5.35. The lowest BCUT2D eigenvalue weighted by atomic mass is 10.0. The molecule has 0 amide bonds. The lowest BCUT2D eigenvalue weighted by Crippen LogP contribution is -2.00. The topological polar surface area (TPSA) is 62.4 Å². The molecule has 1 heterocycles. The smallest absolute Gasteiger partial charge is 0.145 e. The SMILES string of the molecule is CC(=O)CC1N=Cc2cc(Oc3ccc(F)cc3C#N)ccc21. The van der Waals surface area contributed by atoms with Crippen molar-refractivity contribution in [1.82, 2.24) is 0 Å². The van der Waals surface area contributed by atoms with Crippen LogP contribution >= 0.6 is 0 Å². The van der Waals surface area contributed by atoms with Crippen LogP contribution in [-0.4, -0.2) is 12.0 Å². The standard InChI is InChI=1S/C18H13FN2O2/c1-11(22)6-17-16-4-3-15(8-13(16)10-21-17)23-18-5-2-14(19)7-12(18)9-20/h2-5,7-8,10,17H,6H2,1H3. The predicted molar refractivity (Wildman–Crippen MR) is 83.3 cm³/mol. The Morgan fingerprint density at radius 3 is 2.91 bits per heavy atom. The molecular formula is C18H13FN2O2. The molecule has 2 aromatic carbocycles. The fourth-order valence-corrected chi connectivity index (χ4v) is 2.52. The Morgan fingerprint density at radius 2 is 2.17 bits per heavy atom. The van der Waals surface area contributed by atoms with Gasteiger partial charge in [-0.1, -0.05) is 6.07 Å². The third-order valence-corrected chi connectivity index (χ3v) is 3.58. The van der Waals surface area contributed by atoms with Gasteiger partial charge in [-0.25, -0.2) is 4.39 Å². The number of halogens is 1. The highest BCUT2D eigenvalue weighted by molar-refractivity contribution is 5.87. The summed E-state index contributed by atoms with van der Waals surface area (Å²) < 4.78 is 18.8. The van der Waals surface area contributed by atoms with Crippen LogP contribution in [0.5, 0.6) is 11.5 Å². The number of carbonyl (C=O) groups is 1. The van der Waals surface area contributed by atoms with E-state index in [4.69, 9.17) is 10.00 Å². The molecule has 1 atom stereocenters. The number of nitrogens with zero attached hydrogens (tertiary/aromatic N) is 2. The van der Waals surface area contributed by atoms with Gasteiger partial charge in [0.25, 0.3) is 0 Å². The van der Waals surface area contributed by atoms with E-state index in [1.807, 2.05) is 12.1 Å². The summed E-state index contributed by atoms with van der Waals surface area (Å²) in [4.78, 5) is 15.6. The minimum Gasteiger partial charge on any atom is -0.456 e. The number of ether oxygens (including phenoxy) is 1. The van der Waals surface area contributed by atoms with E-state index in [1.165, 1.54) is 12.1 Å². The Hall–Kier alpha value is -3.00. The van der Waals surface area contributed by atoms with E-state index in [2.05, 4.69) is 4.99 Å². The number of fused-ring (bicyclic) bond motifs is 1. The molecule has 0 aliphatic carbocycles. The number of Topliss-reactive ketones (excluding diaryl/α,β-unsaturated/α-hetero) is 1. The summed E-state index contributed by atoms with van der Waals surface area (Å²) >= 11 is 0. The Kier molecular flexibility index (Phi) is 3.90. The number of aliphatic imine (C=N–C) groups is 1. The van der Waals surface area contributed by atoms with Gasteiger partial charge in [0.1, 0.15) is 29.2 Å². The largest absolute Gasteiger partial charge is 0.456 e. The minimum absolute atomic E-state index is 0.0882. The van der Waals surface area contributed by atoms with Crippen LogP contribution in [-0.2, 0) is 4.79 Å². The lowest BCUT2D eigenvalue weighted by molar-refractivity contribution is -0.117. The molecule has 2 aromatic rings. The van der Waals surface area contributed by atoms with Crippen molar-refractivity contribution in [3.8, 4) is 17.6 Å². The maximum Gasteiger partial charge on any atom is 0.145 e. The average Bonchev–Trinajstić information content (AvgIpc) is 2.90. The summed E-state index contributed by atoms with van der Waals surface area (Å²) in [6.07, 6.45) is 2.09. The van der Waals surface area contributed by atoms with Gasteiger partial charge in [-0.05, 0) is 42.8 Å². The van der Waals surface area contributed by atoms with E-state index in [1.54, 1.807) is 25.3 Å². The van der Waals surface area contributed by atoms with Gasteiger partial charge < -0.3 is 4.74 Å². The zero-order valence-corrected chi connectivity index (χ0v) is 12.4. The van der Waals surface area contributed by atoms with Crippen molar-refractivity contribution in [2.24, 2.45) is 4.99 Å². The van der Waals surface area contributed by atoms with Gasteiger partial charge in [0.05, 0.1) is 11.6 Å². The highest BCUT2D eigenvalue weighted by Gasteiger charge is 2.20. The predicted octanol–water partition coefficient (Wildman–Crippen LogP) is 3.94. The molecule has 114 valence electrons. The molecule has 0 radical (unpaired) electrons. The van der Waals surface area contributed by atoms with E-state index in [9.17, 15) is 9.18 Å². The second-order valence-electron chi connectivity index (χ2n) is 5.35. The number of hydrogen-bond acceptors (Lipinski definition) is 4. The van der Waals surface area contributed by atoms with Crippen LogP contribution in [0.1, 0.15) is 36.1 Å². The summed E-state index contributed by atoms with van der Waals surface area (Å²) in [5.41, 5.74) is 2.00. The minimum atomic E-state index is -0.484. The first-order valence-electron chi connectivity index (χ1n) is 7.11. The molecular weight excluding hydrogens is 295 g/mol. The number of benzene rings is 2. The quantitative estimate of drug-likeness (QED) is 0.859. The number of ketones is 1. The third-order valence-electron chi connectivity index (χ3n) is 3.58. The molecule has 5 heteroatoms. The molecule has 1 aliphatic rings. The molecule has 0 saturated carbocycles. The Labute approximate surface area is 132 Å². The van der Waals surface area contributed by atoms with Crippen LogP contribution < -0.4 is 4.74 Å². The molecule has 1 unspecified atom stereocenters. The van der Waals surface area contributed by atoms with Crippen molar-refractivity contribution in [3.05, 3.63) is 58.9 Å². The lowest BCUT2D eigenvalue weighted by Gasteiger charge is -2.11. The summed E-state index contributed by atoms with van der Waals surface area (Å²) in [5, 5.41) is 9.04. The van der Waals surface area contributed by atoms with Crippen molar-refractivity contribution in [2.75, 3.05) is 0 Å². The van der Waals surface area contributed by atoms with E-state index < -0.39 is 5.82 Å². The van der Waals surface area contributed by atoms with Gasteiger partial charge in [-0.15, -0.1) is 0 Å². The molecule has 0 aromatic heterocycles.